The standard InChI is InChI=1S/C9H17N5O2S/c1-5(2)14-8(15)11-12-9(14)17-6(3)4-7(10)13-16/h5-6,16H,4H2,1-3H3,(H2,10,13)(H,11,15). The molecule has 0 saturated heterocycles. The van der Waals surface area contributed by atoms with Crippen LogP contribution in [0.2, 0.25) is 0 Å². The smallest absolute Gasteiger partial charge is 0.344 e. The summed E-state index contributed by atoms with van der Waals surface area (Å²) in [5, 5.41) is 18.4. The fraction of sp³-hybridized carbons (Fsp3) is 0.667. The lowest BCUT2D eigenvalue weighted by molar-refractivity contribution is 0.317. The molecule has 1 aromatic rings. The Morgan fingerprint density at radius 3 is 2.82 bits per heavy atom. The fourth-order valence-electron chi connectivity index (χ4n) is 1.39. The van der Waals surface area contributed by atoms with Gasteiger partial charge in [0, 0.05) is 17.7 Å². The zero-order valence-corrected chi connectivity index (χ0v) is 10.9. The van der Waals surface area contributed by atoms with Crippen LogP contribution in [-0.4, -0.2) is 31.1 Å². The van der Waals surface area contributed by atoms with Crippen LogP contribution in [0.1, 0.15) is 33.2 Å². The van der Waals surface area contributed by atoms with Crippen LogP contribution in [0.4, 0.5) is 0 Å². The third kappa shape index (κ3) is 3.52. The number of aromatic amines is 1. The molecule has 1 atom stereocenters. The topological polar surface area (TPSA) is 109 Å². The Morgan fingerprint density at radius 2 is 2.29 bits per heavy atom. The van der Waals surface area contributed by atoms with Gasteiger partial charge in [-0.05, 0) is 13.8 Å². The molecule has 1 unspecified atom stereocenters. The molecule has 0 aliphatic carbocycles. The summed E-state index contributed by atoms with van der Waals surface area (Å²) >= 11 is 1.41. The van der Waals surface area contributed by atoms with E-state index in [1.165, 1.54) is 11.8 Å². The first-order valence-electron chi connectivity index (χ1n) is 5.25. The van der Waals surface area contributed by atoms with Crippen LogP contribution in [-0.2, 0) is 0 Å². The third-order valence-electron chi connectivity index (χ3n) is 2.12. The molecule has 0 spiro atoms. The van der Waals surface area contributed by atoms with Crippen molar-refractivity contribution in [1.29, 1.82) is 0 Å². The molecule has 1 rings (SSSR count). The van der Waals surface area contributed by atoms with E-state index in [4.69, 9.17) is 10.9 Å². The molecule has 1 heterocycles. The molecule has 8 heteroatoms. The van der Waals surface area contributed by atoms with Gasteiger partial charge in [-0.1, -0.05) is 23.8 Å². The van der Waals surface area contributed by atoms with Gasteiger partial charge in [-0.15, -0.1) is 5.10 Å². The van der Waals surface area contributed by atoms with Crippen molar-refractivity contribution < 1.29 is 5.21 Å². The number of H-pyrrole nitrogens is 1. The molecule has 1 aromatic heterocycles. The highest BCUT2D eigenvalue weighted by molar-refractivity contribution is 7.99. The Bertz CT molecular complexity index is 450. The van der Waals surface area contributed by atoms with Crippen LogP contribution in [0, 0.1) is 0 Å². The fourth-order valence-corrected chi connectivity index (χ4v) is 2.51. The monoisotopic (exact) mass is 259 g/mol. The maximum atomic E-state index is 11.5. The van der Waals surface area contributed by atoms with Gasteiger partial charge in [0.05, 0.1) is 0 Å². The molecule has 7 nitrogen and oxygen atoms in total. The van der Waals surface area contributed by atoms with Gasteiger partial charge >= 0.3 is 5.69 Å². The number of hydrogen-bond acceptors (Lipinski definition) is 5. The average molecular weight is 259 g/mol. The van der Waals surface area contributed by atoms with E-state index >= 15 is 0 Å². The first-order chi connectivity index (χ1) is 7.95. The summed E-state index contributed by atoms with van der Waals surface area (Å²) in [5.41, 5.74) is 5.20. The highest BCUT2D eigenvalue weighted by Gasteiger charge is 2.15. The number of aromatic nitrogens is 3. The van der Waals surface area contributed by atoms with Crippen LogP contribution in [0.15, 0.2) is 15.1 Å². The third-order valence-corrected chi connectivity index (χ3v) is 3.19. The summed E-state index contributed by atoms with van der Waals surface area (Å²) in [6.45, 7) is 5.75. The molecular weight excluding hydrogens is 242 g/mol. The van der Waals surface area contributed by atoms with Crippen LogP contribution < -0.4 is 11.4 Å². The molecule has 96 valence electrons. The van der Waals surface area contributed by atoms with Crippen molar-refractivity contribution in [2.45, 2.75) is 43.6 Å². The second-order valence-corrected chi connectivity index (χ2v) is 5.40. The molecule has 0 amide bonds. The molecule has 0 fully saturated rings. The normalized spacial score (nSPS) is 14.2. The van der Waals surface area contributed by atoms with Crippen LogP contribution in [0.3, 0.4) is 0 Å². The zero-order valence-electron chi connectivity index (χ0n) is 10.0. The molecule has 17 heavy (non-hydrogen) atoms. The number of nitrogens with two attached hydrogens (primary N) is 1. The predicted octanol–water partition coefficient (Wildman–Crippen LogP) is 0.769. The number of amidine groups is 1. The maximum absolute atomic E-state index is 11.5. The number of nitrogens with one attached hydrogen (secondary N) is 1. The summed E-state index contributed by atoms with van der Waals surface area (Å²) in [5.74, 6) is 0.166. The summed E-state index contributed by atoms with van der Waals surface area (Å²) in [4.78, 5) is 11.5. The van der Waals surface area contributed by atoms with Crippen LogP contribution in [0.5, 0.6) is 0 Å². The summed E-state index contributed by atoms with van der Waals surface area (Å²) in [6, 6.07) is 0.0415. The van der Waals surface area contributed by atoms with E-state index in [0.717, 1.165) is 0 Å². The SMILES string of the molecule is CC(CC(N)=NO)Sc1n[nH]c(=O)n1C(C)C. The quantitative estimate of drug-likeness (QED) is 0.238. The number of hydrogen-bond donors (Lipinski definition) is 3. The van der Waals surface area contributed by atoms with Crippen molar-refractivity contribution in [3.63, 3.8) is 0 Å². The minimum atomic E-state index is -0.224. The second-order valence-electron chi connectivity index (χ2n) is 4.00. The van der Waals surface area contributed by atoms with E-state index in [0.29, 0.717) is 11.6 Å². The van der Waals surface area contributed by atoms with Crippen molar-refractivity contribution in [2.75, 3.05) is 0 Å². The minimum absolute atomic E-state index is 0.0415. The number of thioether (sulfide) groups is 1. The molecule has 0 aromatic carbocycles. The molecule has 0 saturated carbocycles. The zero-order chi connectivity index (χ0) is 13.0. The van der Waals surface area contributed by atoms with Crippen molar-refractivity contribution >= 4 is 17.6 Å². The number of oxime groups is 1. The summed E-state index contributed by atoms with van der Waals surface area (Å²) in [7, 11) is 0. The van der Waals surface area contributed by atoms with E-state index in [-0.39, 0.29) is 22.8 Å². The average Bonchev–Trinajstić information content (AvgIpc) is 2.59. The summed E-state index contributed by atoms with van der Waals surface area (Å²) in [6.07, 6.45) is 0.431. The van der Waals surface area contributed by atoms with Gasteiger partial charge in [-0.2, -0.15) is 0 Å². The molecule has 0 radical (unpaired) electrons. The molecule has 4 N–H and O–H groups in total. The van der Waals surface area contributed by atoms with Crippen LogP contribution >= 0.6 is 11.8 Å². The lowest BCUT2D eigenvalue weighted by Gasteiger charge is -2.12. The number of nitrogens with zero attached hydrogens (tertiary/aromatic N) is 3. The molecule has 0 bridgehead atoms. The first-order valence-corrected chi connectivity index (χ1v) is 6.13. The molecule has 0 aliphatic heterocycles. The van der Waals surface area contributed by atoms with E-state index in [2.05, 4.69) is 15.4 Å². The second kappa shape index (κ2) is 5.76. The first kappa shape index (κ1) is 13.6. The van der Waals surface area contributed by atoms with Gasteiger partial charge in [0.1, 0.15) is 5.84 Å². The predicted molar refractivity (Wildman–Crippen MR) is 66.6 cm³/mol. The minimum Gasteiger partial charge on any atom is -0.409 e. The number of rotatable bonds is 5. The Hall–Kier alpha value is -1.44. The van der Waals surface area contributed by atoms with E-state index in [1.807, 2.05) is 20.8 Å². The van der Waals surface area contributed by atoms with Gasteiger partial charge in [-0.25, -0.2) is 9.89 Å². The van der Waals surface area contributed by atoms with Gasteiger partial charge in [-0.3, -0.25) is 4.57 Å². The largest absolute Gasteiger partial charge is 0.409 e. The van der Waals surface area contributed by atoms with E-state index in [9.17, 15) is 4.79 Å². The van der Waals surface area contributed by atoms with Crippen molar-refractivity contribution in [3.8, 4) is 0 Å². The van der Waals surface area contributed by atoms with Crippen molar-refractivity contribution in [2.24, 2.45) is 10.9 Å². The molecule has 0 aliphatic rings. The Kier molecular flexibility index (Phi) is 4.62. The van der Waals surface area contributed by atoms with Gasteiger partial charge in [0.25, 0.3) is 0 Å². The summed E-state index contributed by atoms with van der Waals surface area (Å²) < 4.78 is 1.58. The Labute approximate surface area is 103 Å². The van der Waals surface area contributed by atoms with E-state index in [1.54, 1.807) is 4.57 Å². The van der Waals surface area contributed by atoms with Crippen molar-refractivity contribution in [3.05, 3.63) is 10.5 Å². The van der Waals surface area contributed by atoms with Gasteiger partial charge < -0.3 is 10.9 Å². The van der Waals surface area contributed by atoms with E-state index < -0.39 is 0 Å². The van der Waals surface area contributed by atoms with Gasteiger partial charge in [0.2, 0.25) is 0 Å². The highest BCUT2D eigenvalue weighted by Crippen LogP contribution is 2.23. The Morgan fingerprint density at radius 1 is 1.65 bits per heavy atom. The van der Waals surface area contributed by atoms with Crippen LogP contribution in [0.25, 0.3) is 0 Å². The van der Waals surface area contributed by atoms with Crippen molar-refractivity contribution in [1.82, 2.24) is 14.8 Å². The lowest BCUT2D eigenvalue weighted by atomic mass is 10.3. The van der Waals surface area contributed by atoms with Gasteiger partial charge in [0.15, 0.2) is 5.16 Å². The maximum Gasteiger partial charge on any atom is 0.344 e. The Balaban J connectivity index is 2.78. The highest BCUT2D eigenvalue weighted by atomic mass is 32.2. The lowest BCUT2D eigenvalue weighted by Crippen LogP contribution is -2.21. The molecular formula is C9H17N5O2S.